The van der Waals surface area contributed by atoms with E-state index < -0.39 is 0 Å². The molecule has 1 N–H and O–H groups in total. The molecule has 1 fully saturated rings. The van der Waals surface area contributed by atoms with Gasteiger partial charge < -0.3 is 10.2 Å². The Labute approximate surface area is 93.3 Å². The van der Waals surface area contributed by atoms with E-state index in [1.165, 1.54) is 0 Å². The Morgan fingerprint density at radius 2 is 2.60 bits per heavy atom. The highest BCUT2D eigenvalue weighted by atomic mass is 32.1. The summed E-state index contributed by atoms with van der Waals surface area (Å²) in [6.45, 7) is 1.61. The number of aromatic nitrogens is 1. The first kappa shape index (κ1) is 10.6. The van der Waals surface area contributed by atoms with Crippen LogP contribution in [0.15, 0.2) is 10.9 Å². The normalized spacial score (nSPS) is 22.1. The van der Waals surface area contributed by atoms with E-state index in [1.54, 1.807) is 16.2 Å². The van der Waals surface area contributed by atoms with Gasteiger partial charge in [0.2, 0.25) is 5.91 Å². The minimum atomic E-state index is 0.252. The van der Waals surface area contributed by atoms with E-state index in [0.29, 0.717) is 12.5 Å². The lowest BCUT2D eigenvalue weighted by molar-refractivity contribution is -0.132. The Hall–Kier alpha value is -0.940. The second kappa shape index (κ2) is 4.72. The third kappa shape index (κ3) is 2.76. The summed E-state index contributed by atoms with van der Waals surface area (Å²) in [7, 11) is 1.86. The van der Waals surface area contributed by atoms with Crippen molar-refractivity contribution in [3.05, 3.63) is 16.6 Å². The predicted molar refractivity (Wildman–Crippen MR) is 59.6 cm³/mol. The fourth-order valence-corrected chi connectivity index (χ4v) is 2.31. The van der Waals surface area contributed by atoms with Gasteiger partial charge in [-0.25, -0.2) is 4.98 Å². The maximum atomic E-state index is 11.3. The fraction of sp³-hybridized carbons (Fsp3) is 0.600. The predicted octanol–water partition coefficient (Wildman–Crippen LogP) is 0.853. The smallest absolute Gasteiger partial charge is 0.222 e. The molecule has 1 aliphatic rings. The number of likely N-dealkylation sites (tertiary alicyclic amines) is 1. The lowest BCUT2D eigenvalue weighted by Crippen LogP contribution is -2.46. The topological polar surface area (TPSA) is 45.2 Å². The number of carbonyl (C=O) groups excluding carboxylic acids is 1. The molecule has 0 saturated carbocycles. The molecule has 1 unspecified atom stereocenters. The van der Waals surface area contributed by atoms with Gasteiger partial charge in [-0.15, -0.1) is 11.3 Å². The highest BCUT2D eigenvalue weighted by Crippen LogP contribution is 2.10. The average Bonchev–Trinajstić information content (AvgIpc) is 2.73. The molecule has 0 bridgehead atoms. The Kier molecular flexibility index (Phi) is 3.33. The van der Waals surface area contributed by atoms with Gasteiger partial charge in [0.05, 0.1) is 11.2 Å². The number of rotatable bonds is 3. The molecule has 1 aromatic rings. The zero-order valence-corrected chi connectivity index (χ0v) is 9.59. The molecule has 0 aliphatic carbocycles. The SMILES string of the molecule is CN1CC(NCc2cscn2)CCC1=O. The summed E-state index contributed by atoms with van der Waals surface area (Å²) in [5, 5.41) is 5.47. The summed E-state index contributed by atoms with van der Waals surface area (Å²) in [5.41, 5.74) is 2.92. The molecule has 1 atom stereocenters. The van der Waals surface area contributed by atoms with Crippen LogP contribution in [0.2, 0.25) is 0 Å². The van der Waals surface area contributed by atoms with Gasteiger partial charge in [-0.2, -0.15) is 0 Å². The van der Waals surface area contributed by atoms with Crippen molar-refractivity contribution in [2.75, 3.05) is 13.6 Å². The molecule has 5 heteroatoms. The van der Waals surface area contributed by atoms with Crippen LogP contribution in [-0.4, -0.2) is 35.4 Å². The van der Waals surface area contributed by atoms with Gasteiger partial charge in [-0.05, 0) is 6.42 Å². The second-order valence-corrected chi connectivity index (χ2v) is 4.59. The Bertz CT molecular complexity index is 325. The summed E-state index contributed by atoms with van der Waals surface area (Å²) in [6.07, 6.45) is 1.60. The van der Waals surface area contributed by atoms with Crippen molar-refractivity contribution in [3.8, 4) is 0 Å². The third-order valence-electron chi connectivity index (χ3n) is 2.68. The standard InChI is InChI=1S/C10H15N3OS/c1-13-5-8(2-3-10(13)14)11-4-9-6-15-7-12-9/h6-8,11H,2-5H2,1H3. The van der Waals surface area contributed by atoms with E-state index in [-0.39, 0.29) is 5.91 Å². The molecule has 0 aromatic carbocycles. The second-order valence-electron chi connectivity index (χ2n) is 3.87. The maximum Gasteiger partial charge on any atom is 0.222 e. The van der Waals surface area contributed by atoms with Gasteiger partial charge >= 0.3 is 0 Å². The van der Waals surface area contributed by atoms with Crippen LogP contribution in [0.5, 0.6) is 0 Å². The summed E-state index contributed by atoms with van der Waals surface area (Å²) >= 11 is 1.61. The van der Waals surface area contributed by atoms with Crippen molar-refractivity contribution in [3.63, 3.8) is 0 Å². The molecule has 0 spiro atoms. The average molecular weight is 225 g/mol. The van der Waals surface area contributed by atoms with Crippen molar-refractivity contribution in [2.24, 2.45) is 0 Å². The number of thiazole rings is 1. The van der Waals surface area contributed by atoms with E-state index >= 15 is 0 Å². The number of hydrogen-bond donors (Lipinski definition) is 1. The summed E-state index contributed by atoms with van der Waals surface area (Å²) in [5.74, 6) is 0.252. The summed E-state index contributed by atoms with van der Waals surface area (Å²) in [4.78, 5) is 17.3. The van der Waals surface area contributed by atoms with Crippen LogP contribution in [0, 0.1) is 0 Å². The number of hydrogen-bond acceptors (Lipinski definition) is 4. The molecule has 0 radical (unpaired) electrons. The Morgan fingerprint density at radius 3 is 3.27 bits per heavy atom. The van der Waals surface area contributed by atoms with Gasteiger partial charge in [0.25, 0.3) is 0 Å². The number of carbonyl (C=O) groups is 1. The van der Waals surface area contributed by atoms with Crippen LogP contribution in [0.25, 0.3) is 0 Å². The molecule has 2 rings (SSSR count). The van der Waals surface area contributed by atoms with Crippen LogP contribution in [-0.2, 0) is 11.3 Å². The number of piperidine rings is 1. The first-order chi connectivity index (χ1) is 7.25. The third-order valence-corrected chi connectivity index (χ3v) is 3.32. The van der Waals surface area contributed by atoms with E-state index in [0.717, 1.165) is 25.2 Å². The minimum Gasteiger partial charge on any atom is -0.344 e. The maximum absolute atomic E-state index is 11.3. The minimum absolute atomic E-state index is 0.252. The van der Waals surface area contributed by atoms with Gasteiger partial charge in [0.1, 0.15) is 0 Å². The quantitative estimate of drug-likeness (QED) is 0.829. The van der Waals surface area contributed by atoms with E-state index in [1.807, 2.05) is 17.9 Å². The first-order valence-corrected chi connectivity index (χ1v) is 6.04. The monoisotopic (exact) mass is 225 g/mol. The van der Waals surface area contributed by atoms with Gasteiger partial charge in [-0.3, -0.25) is 4.79 Å². The molecule has 15 heavy (non-hydrogen) atoms. The molecule has 1 aliphatic heterocycles. The van der Waals surface area contributed by atoms with Gasteiger partial charge in [0, 0.05) is 38.0 Å². The molecule has 82 valence electrons. The largest absolute Gasteiger partial charge is 0.344 e. The number of amides is 1. The van der Waals surface area contributed by atoms with Crippen LogP contribution in [0.4, 0.5) is 0 Å². The van der Waals surface area contributed by atoms with Crippen molar-refractivity contribution >= 4 is 17.2 Å². The van der Waals surface area contributed by atoms with Crippen molar-refractivity contribution in [1.29, 1.82) is 0 Å². The van der Waals surface area contributed by atoms with Crippen LogP contribution < -0.4 is 5.32 Å². The number of likely N-dealkylation sites (N-methyl/N-ethyl adjacent to an activating group) is 1. The molecule has 2 heterocycles. The summed E-state index contributed by atoms with van der Waals surface area (Å²) < 4.78 is 0. The molecule has 1 amide bonds. The van der Waals surface area contributed by atoms with E-state index in [9.17, 15) is 4.79 Å². The lowest BCUT2D eigenvalue weighted by Gasteiger charge is -2.30. The molecule has 1 aromatic heterocycles. The highest BCUT2D eigenvalue weighted by Gasteiger charge is 2.22. The lowest BCUT2D eigenvalue weighted by atomic mass is 10.1. The highest BCUT2D eigenvalue weighted by molar-refractivity contribution is 7.07. The molecular formula is C10H15N3OS. The molecule has 1 saturated heterocycles. The molecule has 4 nitrogen and oxygen atoms in total. The zero-order valence-electron chi connectivity index (χ0n) is 8.77. The van der Waals surface area contributed by atoms with Crippen molar-refractivity contribution in [1.82, 2.24) is 15.2 Å². The number of nitrogens with one attached hydrogen (secondary N) is 1. The van der Waals surface area contributed by atoms with Crippen molar-refractivity contribution < 1.29 is 4.79 Å². The van der Waals surface area contributed by atoms with E-state index in [4.69, 9.17) is 0 Å². The first-order valence-electron chi connectivity index (χ1n) is 5.10. The fourth-order valence-electron chi connectivity index (χ4n) is 1.75. The Morgan fingerprint density at radius 1 is 1.73 bits per heavy atom. The van der Waals surface area contributed by atoms with Crippen LogP contribution in [0.3, 0.4) is 0 Å². The van der Waals surface area contributed by atoms with Crippen LogP contribution >= 0.6 is 11.3 Å². The zero-order chi connectivity index (χ0) is 10.7. The Balaban J connectivity index is 1.78. The van der Waals surface area contributed by atoms with Crippen LogP contribution in [0.1, 0.15) is 18.5 Å². The molecular weight excluding hydrogens is 210 g/mol. The number of nitrogens with zero attached hydrogens (tertiary/aromatic N) is 2. The van der Waals surface area contributed by atoms with E-state index in [2.05, 4.69) is 10.3 Å². The van der Waals surface area contributed by atoms with Gasteiger partial charge in [-0.1, -0.05) is 0 Å². The van der Waals surface area contributed by atoms with Gasteiger partial charge in [0.15, 0.2) is 0 Å². The van der Waals surface area contributed by atoms with Crippen molar-refractivity contribution in [2.45, 2.75) is 25.4 Å². The summed E-state index contributed by atoms with van der Waals surface area (Å²) in [6, 6.07) is 0.411.